The van der Waals surface area contributed by atoms with Crippen LogP contribution in [0.1, 0.15) is 36.8 Å². The molecule has 1 aromatic carbocycles. The molecule has 0 saturated heterocycles. The standard InChI is InChI=1S/C12H14FN/c1-7(2)10-5-9(13)6-11(12(10)14)8-3-4-8/h5-6,8H,1,3-4,14H2,2H3. The highest BCUT2D eigenvalue weighted by atomic mass is 19.1. The van der Waals surface area contributed by atoms with E-state index in [9.17, 15) is 4.39 Å². The van der Waals surface area contributed by atoms with Crippen LogP contribution >= 0.6 is 0 Å². The van der Waals surface area contributed by atoms with Crippen molar-refractivity contribution in [3.63, 3.8) is 0 Å². The van der Waals surface area contributed by atoms with Gasteiger partial charge in [0, 0.05) is 11.3 Å². The maximum atomic E-state index is 13.3. The molecule has 0 heterocycles. The number of nitrogen functional groups attached to an aromatic ring is 1. The van der Waals surface area contributed by atoms with Gasteiger partial charge in [0.05, 0.1) is 0 Å². The molecule has 2 rings (SSSR count). The maximum Gasteiger partial charge on any atom is 0.124 e. The van der Waals surface area contributed by atoms with E-state index in [0.717, 1.165) is 29.5 Å². The third-order valence-electron chi connectivity index (χ3n) is 2.65. The first-order valence-corrected chi connectivity index (χ1v) is 4.84. The monoisotopic (exact) mass is 191 g/mol. The molecule has 0 aliphatic heterocycles. The van der Waals surface area contributed by atoms with Gasteiger partial charge in [0.2, 0.25) is 0 Å². The molecule has 0 bridgehead atoms. The molecular weight excluding hydrogens is 177 g/mol. The Kier molecular flexibility index (Phi) is 2.06. The van der Waals surface area contributed by atoms with Crippen molar-refractivity contribution in [2.24, 2.45) is 0 Å². The van der Waals surface area contributed by atoms with Gasteiger partial charge in [-0.2, -0.15) is 0 Å². The number of benzene rings is 1. The van der Waals surface area contributed by atoms with Crippen molar-refractivity contribution in [3.05, 3.63) is 35.7 Å². The summed E-state index contributed by atoms with van der Waals surface area (Å²) < 4.78 is 13.3. The summed E-state index contributed by atoms with van der Waals surface area (Å²) in [7, 11) is 0. The summed E-state index contributed by atoms with van der Waals surface area (Å²) in [5.74, 6) is 0.267. The fourth-order valence-electron chi connectivity index (χ4n) is 1.72. The first kappa shape index (κ1) is 9.25. The highest BCUT2D eigenvalue weighted by molar-refractivity contribution is 5.75. The third-order valence-corrected chi connectivity index (χ3v) is 2.65. The van der Waals surface area contributed by atoms with Crippen LogP contribution in [0, 0.1) is 5.82 Å². The van der Waals surface area contributed by atoms with E-state index in [1.807, 2.05) is 6.92 Å². The van der Waals surface area contributed by atoms with Gasteiger partial charge in [0.15, 0.2) is 0 Å². The average Bonchev–Trinajstić information content (AvgIpc) is 2.91. The summed E-state index contributed by atoms with van der Waals surface area (Å²) in [6.45, 7) is 5.65. The molecule has 1 aliphatic rings. The Hall–Kier alpha value is -1.31. The average molecular weight is 191 g/mol. The molecule has 0 amide bonds. The van der Waals surface area contributed by atoms with Crippen LogP contribution in [0.4, 0.5) is 10.1 Å². The highest BCUT2D eigenvalue weighted by Gasteiger charge is 2.27. The zero-order chi connectivity index (χ0) is 10.3. The molecular formula is C12H14FN. The van der Waals surface area contributed by atoms with Crippen molar-refractivity contribution in [1.29, 1.82) is 0 Å². The van der Waals surface area contributed by atoms with Crippen molar-refractivity contribution >= 4 is 11.3 Å². The summed E-state index contributed by atoms with van der Waals surface area (Å²) >= 11 is 0. The topological polar surface area (TPSA) is 26.0 Å². The number of nitrogens with two attached hydrogens (primary N) is 1. The lowest BCUT2D eigenvalue weighted by Crippen LogP contribution is -1.99. The lowest BCUT2D eigenvalue weighted by atomic mass is 9.99. The maximum absolute atomic E-state index is 13.3. The Labute approximate surface area is 83.4 Å². The largest absolute Gasteiger partial charge is 0.398 e. The number of anilines is 1. The number of hydrogen-bond donors (Lipinski definition) is 1. The van der Waals surface area contributed by atoms with Crippen molar-refractivity contribution in [3.8, 4) is 0 Å². The lowest BCUT2D eigenvalue weighted by Gasteiger charge is -2.10. The zero-order valence-electron chi connectivity index (χ0n) is 8.31. The normalized spacial score (nSPS) is 15.6. The van der Waals surface area contributed by atoms with E-state index >= 15 is 0 Å². The minimum atomic E-state index is -0.209. The van der Waals surface area contributed by atoms with Crippen LogP contribution in [-0.4, -0.2) is 0 Å². The number of allylic oxidation sites excluding steroid dienone is 1. The summed E-state index contributed by atoms with van der Waals surface area (Å²) in [5, 5.41) is 0. The van der Waals surface area contributed by atoms with Gasteiger partial charge in [0.25, 0.3) is 0 Å². The molecule has 1 aromatic rings. The second-order valence-corrected chi connectivity index (χ2v) is 4.01. The molecule has 74 valence electrons. The van der Waals surface area contributed by atoms with E-state index in [2.05, 4.69) is 6.58 Å². The Morgan fingerprint density at radius 3 is 2.64 bits per heavy atom. The molecule has 2 heteroatoms. The van der Waals surface area contributed by atoms with Crippen LogP contribution in [0.15, 0.2) is 18.7 Å². The van der Waals surface area contributed by atoms with Gasteiger partial charge in [0.1, 0.15) is 5.82 Å². The number of hydrogen-bond acceptors (Lipinski definition) is 1. The molecule has 0 radical (unpaired) electrons. The second-order valence-electron chi connectivity index (χ2n) is 4.01. The Bertz CT molecular complexity index is 392. The second kappa shape index (κ2) is 3.12. The molecule has 0 unspecified atom stereocenters. The fourth-order valence-corrected chi connectivity index (χ4v) is 1.72. The van der Waals surface area contributed by atoms with Crippen LogP contribution in [0.2, 0.25) is 0 Å². The molecule has 0 spiro atoms. The van der Waals surface area contributed by atoms with Gasteiger partial charge in [-0.1, -0.05) is 6.58 Å². The first-order valence-electron chi connectivity index (χ1n) is 4.84. The third kappa shape index (κ3) is 1.52. The summed E-state index contributed by atoms with van der Waals surface area (Å²) in [5.41, 5.74) is 9.22. The molecule has 1 saturated carbocycles. The van der Waals surface area contributed by atoms with Gasteiger partial charge < -0.3 is 5.73 Å². The van der Waals surface area contributed by atoms with Gasteiger partial charge in [-0.25, -0.2) is 4.39 Å². The predicted molar refractivity (Wildman–Crippen MR) is 57.5 cm³/mol. The minimum Gasteiger partial charge on any atom is -0.398 e. The van der Waals surface area contributed by atoms with E-state index in [4.69, 9.17) is 5.73 Å². The van der Waals surface area contributed by atoms with Gasteiger partial charge in [-0.15, -0.1) is 0 Å². The van der Waals surface area contributed by atoms with E-state index in [1.165, 1.54) is 6.07 Å². The smallest absolute Gasteiger partial charge is 0.124 e. The van der Waals surface area contributed by atoms with Gasteiger partial charge in [-0.05, 0) is 49.0 Å². The Morgan fingerprint density at radius 2 is 2.14 bits per heavy atom. The van der Waals surface area contributed by atoms with Crippen molar-refractivity contribution in [2.75, 3.05) is 5.73 Å². The fraction of sp³-hybridized carbons (Fsp3) is 0.333. The van der Waals surface area contributed by atoms with Crippen LogP contribution in [0.25, 0.3) is 5.57 Å². The zero-order valence-corrected chi connectivity index (χ0v) is 8.31. The van der Waals surface area contributed by atoms with E-state index in [0.29, 0.717) is 11.6 Å². The first-order chi connectivity index (χ1) is 6.59. The van der Waals surface area contributed by atoms with Crippen LogP contribution in [-0.2, 0) is 0 Å². The molecule has 0 atom stereocenters. The SMILES string of the molecule is C=C(C)c1cc(F)cc(C2CC2)c1N. The van der Waals surface area contributed by atoms with Crippen molar-refractivity contribution in [1.82, 2.24) is 0 Å². The van der Waals surface area contributed by atoms with Crippen LogP contribution in [0.5, 0.6) is 0 Å². The van der Waals surface area contributed by atoms with Gasteiger partial charge in [-0.3, -0.25) is 0 Å². The summed E-state index contributed by atoms with van der Waals surface area (Å²) in [6.07, 6.45) is 2.26. The molecule has 2 N–H and O–H groups in total. The predicted octanol–water partition coefficient (Wildman–Crippen LogP) is 3.32. The van der Waals surface area contributed by atoms with E-state index < -0.39 is 0 Å². The summed E-state index contributed by atoms with van der Waals surface area (Å²) in [6, 6.07) is 3.02. The van der Waals surface area contributed by atoms with Crippen LogP contribution in [0.3, 0.4) is 0 Å². The van der Waals surface area contributed by atoms with Crippen molar-refractivity contribution in [2.45, 2.75) is 25.7 Å². The Balaban J connectivity index is 2.55. The number of rotatable bonds is 2. The molecule has 14 heavy (non-hydrogen) atoms. The van der Waals surface area contributed by atoms with E-state index in [-0.39, 0.29) is 5.82 Å². The van der Waals surface area contributed by atoms with E-state index in [1.54, 1.807) is 6.07 Å². The molecule has 1 fully saturated rings. The lowest BCUT2D eigenvalue weighted by molar-refractivity contribution is 0.625. The molecule has 1 nitrogen and oxygen atoms in total. The summed E-state index contributed by atoms with van der Waals surface area (Å²) in [4.78, 5) is 0. The minimum absolute atomic E-state index is 0.209. The highest BCUT2D eigenvalue weighted by Crippen LogP contribution is 2.44. The number of halogens is 1. The quantitative estimate of drug-likeness (QED) is 0.713. The Morgan fingerprint density at radius 1 is 1.50 bits per heavy atom. The molecule has 0 aromatic heterocycles. The van der Waals surface area contributed by atoms with Crippen molar-refractivity contribution < 1.29 is 4.39 Å². The van der Waals surface area contributed by atoms with Gasteiger partial charge >= 0.3 is 0 Å². The molecule has 1 aliphatic carbocycles. The van der Waals surface area contributed by atoms with Crippen LogP contribution < -0.4 is 5.73 Å².